The van der Waals surface area contributed by atoms with Crippen LogP contribution in [-0.2, 0) is 14.6 Å². The van der Waals surface area contributed by atoms with Crippen LogP contribution in [0.25, 0.3) is 0 Å². The van der Waals surface area contributed by atoms with Gasteiger partial charge in [-0.25, -0.2) is 8.42 Å². The lowest BCUT2D eigenvalue weighted by Crippen LogP contribution is -2.21. The Morgan fingerprint density at radius 3 is 2.83 bits per heavy atom. The molecule has 0 saturated carbocycles. The van der Waals surface area contributed by atoms with Crippen LogP contribution in [0.15, 0.2) is 0 Å². The van der Waals surface area contributed by atoms with E-state index < -0.39 is 15.6 Å². The van der Waals surface area contributed by atoms with E-state index in [0.29, 0.717) is 6.61 Å². The van der Waals surface area contributed by atoms with Gasteiger partial charge in [-0.1, -0.05) is 0 Å². The third-order valence-corrected chi connectivity index (χ3v) is 3.20. The number of nitriles is 1. The van der Waals surface area contributed by atoms with Crippen molar-refractivity contribution in [2.24, 2.45) is 0 Å². The summed E-state index contributed by atoms with van der Waals surface area (Å²) in [5.74, 6) is -0.395. The third kappa shape index (κ3) is 2.80. The molecule has 1 aliphatic heterocycles. The van der Waals surface area contributed by atoms with Crippen LogP contribution < -0.4 is 0 Å². The predicted octanol–water partition coefficient (Wildman–Crippen LogP) is 0.104. The van der Waals surface area contributed by atoms with Gasteiger partial charge in [-0.15, -0.1) is 0 Å². The largest absolute Gasteiger partial charge is 0.377 e. The van der Waals surface area contributed by atoms with Crippen LogP contribution in [0.4, 0.5) is 0 Å². The van der Waals surface area contributed by atoms with Gasteiger partial charge in [0.15, 0.2) is 9.84 Å². The van der Waals surface area contributed by atoms with Gasteiger partial charge in [-0.2, -0.15) is 5.26 Å². The van der Waals surface area contributed by atoms with Crippen LogP contribution in [0, 0.1) is 11.3 Å². The molecule has 68 valence electrons. The average Bonchev–Trinajstić information content (AvgIpc) is 2.38. The topological polar surface area (TPSA) is 67.2 Å². The second-order valence-electron chi connectivity index (χ2n) is 2.85. The van der Waals surface area contributed by atoms with E-state index in [2.05, 4.69) is 0 Å². The van der Waals surface area contributed by atoms with Crippen molar-refractivity contribution in [1.29, 1.82) is 5.26 Å². The smallest absolute Gasteiger partial charge is 0.166 e. The second kappa shape index (κ2) is 3.87. The summed E-state index contributed by atoms with van der Waals surface area (Å²) in [7, 11) is -3.20. The fourth-order valence-electron chi connectivity index (χ4n) is 1.22. The normalized spacial score (nSPS) is 23.8. The molecule has 1 heterocycles. The maximum absolute atomic E-state index is 11.1. The molecule has 0 aromatic carbocycles. The highest BCUT2D eigenvalue weighted by atomic mass is 32.2. The first-order chi connectivity index (χ1) is 5.64. The Hall–Kier alpha value is -0.600. The van der Waals surface area contributed by atoms with Crippen LogP contribution in [0.2, 0.25) is 0 Å². The fraction of sp³-hybridized carbons (Fsp3) is 0.857. The quantitative estimate of drug-likeness (QED) is 0.631. The summed E-state index contributed by atoms with van der Waals surface area (Å²) in [4.78, 5) is 0. The van der Waals surface area contributed by atoms with E-state index in [4.69, 9.17) is 10.00 Å². The van der Waals surface area contributed by atoms with Crippen molar-refractivity contribution in [2.45, 2.75) is 18.9 Å². The standard InChI is InChI=1S/C7H11NO3S/c8-3-5-12(9,10)6-7-2-1-4-11-7/h7H,1-2,4-6H2. The van der Waals surface area contributed by atoms with Gasteiger partial charge in [0, 0.05) is 6.61 Å². The maximum atomic E-state index is 11.1. The van der Waals surface area contributed by atoms with Gasteiger partial charge in [0.05, 0.1) is 17.9 Å². The van der Waals surface area contributed by atoms with E-state index >= 15 is 0 Å². The molecule has 5 heteroatoms. The molecule has 1 rings (SSSR count). The summed E-state index contributed by atoms with van der Waals surface area (Å²) in [6.45, 7) is 0.646. The third-order valence-electron chi connectivity index (χ3n) is 1.75. The lowest BCUT2D eigenvalue weighted by Gasteiger charge is -2.06. The van der Waals surface area contributed by atoms with Crippen molar-refractivity contribution in [1.82, 2.24) is 0 Å². The molecule has 0 bridgehead atoms. The average molecular weight is 189 g/mol. The number of nitrogens with zero attached hydrogens (tertiary/aromatic N) is 1. The Balaban J connectivity index is 2.44. The van der Waals surface area contributed by atoms with Crippen LogP contribution in [0.1, 0.15) is 12.8 Å². The molecule has 0 aromatic rings. The highest BCUT2D eigenvalue weighted by Gasteiger charge is 2.22. The summed E-state index contributed by atoms with van der Waals surface area (Å²) >= 11 is 0. The molecule has 0 spiro atoms. The van der Waals surface area contributed by atoms with E-state index in [-0.39, 0.29) is 11.9 Å². The molecular formula is C7H11NO3S. The first kappa shape index (κ1) is 9.49. The zero-order valence-electron chi connectivity index (χ0n) is 6.69. The molecule has 4 nitrogen and oxygen atoms in total. The summed E-state index contributed by atoms with van der Waals surface area (Å²) in [5.41, 5.74) is 0. The molecule has 0 radical (unpaired) electrons. The Morgan fingerprint density at radius 2 is 2.33 bits per heavy atom. The van der Waals surface area contributed by atoms with E-state index in [0.717, 1.165) is 12.8 Å². The molecule has 0 amide bonds. The summed E-state index contributed by atoms with van der Waals surface area (Å²) in [6.07, 6.45) is 1.54. The van der Waals surface area contributed by atoms with Gasteiger partial charge >= 0.3 is 0 Å². The monoisotopic (exact) mass is 189 g/mol. The van der Waals surface area contributed by atoms with E-state index in [1.54, 1.807) is 6.07 Å². The molecule has 1 atom stereocenters. The first-order valence-electron chi connectivity index (χ1n) is 3.83. The summed E-state index contributed by atoms with van der Waals surface area (Å²) in [6, 6.07) is 1.64. The molecule has 1 aliphatic rings. The molecule has 1 unspecified atom stereocenters. The minimum absolute atomic E-state index is 0.000556. The number of rotatable bonds is 3. The van der Waals surface area contributed by atoms with Crippen LogP contribution in [-0.4, -0.2) is 32.6 Å². The Kier molecular flexibility index (Phi) is 3.06. The molecular weight excluding hydrogens is 178 g/mol. The van der Waals surface area contributed by atoms with Crippen LogP contribution in [0.3, 0.4) is 0 Å². The van der Waals surface area contributed by atoms with Gasteiger partial charge in [0.1, 0.15) is 5.75 Å². The van der Waals surface area contributed by atoms with Crippen molar-refractivity contribution in [2.75, 3.05) is 18.1 Å². The van der Waals surface area contributed by atoms with E-state index in [1.807, 2.05) is 0 Å². The molecule has 1 saturated heterocycles. The minimum atomic E-state index is -3.20. The van der Waals surface area contributed by atoms with Crippen molar-refractivity contribution in [3.8, 4) is 6.07 Å². The summed E-state index contributed by atoms with van der Waals surface area (Å²) in [5, 5.41) is 8.21. The second-order valence-corrected chi connectivity index (χ2v) is 4.96. The fourth-order valence-corrected chi connectivity index (χ4v) is 2.36. The zero-order valence-corrected chi connectivity index (χ0v) is 7.51. The highest BCUT2D eigenvalue weighted by molar-refractivity contribution is 7.91. The molecule has 0 aromatic heterocycles. The number of sulfone groups is 1. The van der Waals surface area contributed by atoms with Gasteiger partial charge in [-0.05, 0) is 12.8 Å². The maximum Gasteiger partial charge on any atom is 0.166 e. The van der Waals surface area contributed by atoms with Crippen molar-refractivity contribution >= 4 is 9.84 Å². The number of hydrogen-bond donors (Lipinski definition) is 0. The van der Waals surface area contributed by atoms with Crippen molar-refractivity contribution in [3.63, 3.8) is 0 Å². The van der Waals surface area contributed by atoms with Gasteiger partial charge in [0.25, 0.3) is 0 Å². The predicted molar refractivity (Wildman–Crippen MR) is 43.2 cm³/mol. The van der Waals surface area contributed by atoms with Crippen molar-refractivity contribution < 1.29 is 13.2 Å². The highest BCUT2D eigenvalue weighted by Crippen LogP contribution is 2.13. The van der Waals surface area contributed by atoms with Crippen molar-refractivity contribution in [3.05, 3.63) is 0 Å². The van der Waals surface area contributed by atoms with Gasteiger partial charge < -0.3 is 4.74 Å². The molecule has 0 aliphatic carbocycles. The van der Waals surface area contributed by atoms with Gasteiger partial charge in [0.2, 0.25) is 0 Å². The molecule has 1 fully saturated rings. The molecule has 12 heavy (non-hydrogen) atoms. The SMILES string of the molecule is N#CCS(=O)(=O)CC1CCCO1. The lowest BCUT2D eigenvalue weighted by atomic mass is 10.3. The lowest BCUT2D eigenvalue weighted by molar-refractivity contribution is 0.127. The zero-order chi connectivity index (χ0) is 9.03. The van der Waals surface area contributed by atoms with Gasteiger partial charge in [-0.3, -0.25) is 0 Å². The summed E-state index contributed by atoms with van der Waals surface area (Å²) < 4.78 is 27.3. The number of hydrogen-bond acceptors (Lipinski definition) is 4. The van der Waals surface area contributed by atoms with Crippen LogP contribution in [0.5, 0.6) is 0 Å². The Labute approximate surface area is 72.1 Å². The Bertz CT molecular complexity index is 272. The molecule has 0 N–H and O–H groups in total. The Morgan fingerprint density at radius 1 is 1.58 bits per heavy atom. The first-order valence-corrected chi connectivity index (χ1v) is 5.65. The number of ether oxygens (including phenoxy) is 1. The van der Waals surface area contributed by atoms with Crippen LogP contribution >= 0.6 is 0 Å². The van der Waals surface area contributed by atoms with E-state index in [1.165, 1.54) is 0 Å². The minimum Gasteiger partial charge on any atom is -0.377 e. The van der Waals surface area contributed by atoms with E-state index in [9.17, 15) is 8.42 Å².